The van der Waals surface area contributed by atoms with Crippen LogP contribution in [-0.2, 0) is 4.74 Å². The van der Waals surface area contributed by atoms with Crippen molar-refractivity contribution >= 4 is 5.78 Å². The third kappa shape index (κ3) is 2.19. The van der Waals surface area contributed by atoms with Crippen LogP contribution in [0, 0.1) is 12.3 Å². The van der Waals surface area contributed by atoms with Gasteiger partial charge < -0.3 is 19.3 Å². The summed E-state index contributed by atoms with van der Waals surface area (Å²) in [6, 6.07) is 3.45. The van der Waals surface area contributed by atoms with Gasteiger partial charge in [-0.05, 0) is 18.6 Å². The summed E-state index contributed by atoms with van der Waals surface area (Å²) in [7, 11) is 3.07. The van der Waals surface area contributed by atoms with E-state index >= 15 is 0 Å². The molecule has 0 amide bonds. The molecule has 1 saturated heterocycles. The van der Waals surface area contributed by atoms with Crippen LogP contribution in [-0.4, -0.2) is 44.9 Å². The Morgan fingerprint density at radius 3 is 2.47 bits per heavy atom. The van der Waals surface area contributed by atoms with Gasteiger partial charge in [0.1, 0.15) is 16.9 Å². The molecular formula is C14H18O5. The summed E-state index contributed by atoms with van der Waals surface area (Å²) in [5, 5.41) is 9.46. The lowest BCUT2D eigenvalue weighted by atomic mass is 9.78. The van der Waals surface area contributed by atoms with Crippen molar-refractivity contribution in [2.24, 2.45) is 5.41 Å². The van der Waals surface area contributed by atoms with Crippen molar-refractivity contribution < 1.29 is 24.1 Å². The van der Waals surface area contributed by atoms with Crippen LogP contribution < -0.4 is 9.47 Å². The first-order valence-corrected chi connectivity index (χ1v) is 6.04. The largest absolute Gasteiger partial charge is 0.497 e. The van der Waals surface area contributed by atoms with Gasteiger partial charge in [0.15, 0.2) is 5.78 Å². The standard InChI is InChI=1S/C14H18O5/c1-9-4-10(17-2)5-11(18-3)12(9)13(16)14(6-15)7-19-8-14/h4-5,15H,6-8H2,1-3H3. The molecule has 5 nitrogen and oxygen atoms in total. The van der Waals surface area contributed by atoms with E-state index in [1.807, 2.05) is 6.92 Å². The van der Waals surface area contributed by atoms with Gasteiger partial charge in [-0.1, -0.05) is 0 Å². The number of ketones is 1. The lowest BCUT2D eigenvalue weighted by Crippen LogP contribution is -2.52. The third-order valence-electron chi connectivity index (χ3n) is 3.50. The molecule has 2 rings (SSSR count). The lowest BCUT2D eigenvalue weighted by molar-refractivity contribution is -0.109. The number of benzene rings is 1. The minimum absolute atomic E-state index is 0.141. The molecule has 104 valence electrons. The molecule has 5 heteroatoms. The molecule has 0 atom stereocenters. The average molecular weight is 266 g/mol. The number of aryl methyl sites for hydroxylation is 1. The third-order valence-corrected chi connectivity index (χ3v) is 3.50. The van der Waals surface area contributed by atoms with Crippen LogP contribution in [0.4, 0.5) is 0 Å². The van der Waals surface area contributed by atoms with Gasteiger partial charge in [0.05, 0.1) is 39.6 Å². The zero-order valence-electron chi connectivity index (χ0n) is 11.4. The van der Waals surface area contributed by atoms with Crippen molar-refractivity contribution in [3.63, 3.8) is 0 Å². The van der Waals surface area contributed by atoms with Crippen LogP contribution in [0.15, 0.2) is 12.1 Å². The fourth-order valence-electron chi connectivity index (χ4n) is 2.20. The van der Waals surface area contributed by atoms with Crippen molar-refractivity contribution in [1.82, 2.24) is 0 Å². The normalized spacial score (nSPS) is 16.6. The maximum atomic E-state index is 12.6. The zero-order valence-corrected chi connectivity index (χ0v) is 11.4. The molecule has 0 bridgehead atoms. The number of hydrogen-bond donors (Lipinski definition) is 1. The summed E-state index contributed by atoms with van der Waals surface area (Å²) in [5.41, 5.74) is 0.425. The Hall–Kier alpha value is -1.59. The fraction of sp³-hybridized carbons (Fsp3) is 0.500. The second-order valence-corrected chi connectivity index (χ2v) is 4.78. The Kier molecular flexibility index (Phi) is 3.78. The van der Waals surface area contributed by atoms with Crippen molar-refractivity contribution in [1.29, 1.82) is 0 Å². The second kappa shape index (κ2) is 5.19. The number of ether oxygens (including phenoxy) is 3. The SMILES string of the molecule is COc1cc(C)c(C(=O)C2(CO)COC2)c(OC)c1. The van der Waals surface area contributed by atoms with E-state index < -0.39 is 5.41 Å². The number of carbonyl (C=O) groups excluding carboxylic acids is 1. The number of Topliss-reactive ketones (excluding diaryl/α,β-unsaturated/α-hetero) is 1. The first-order valence-electron chi connectivity index (χ1n) is 6.04. The average Bonchev–Trinajstić information content (AvgIpc) is 2.36. The molecule has 0 saturated carbocycles. The maximum absolute atomic E-state index is 12.6. The summed E-state index contributed by atoms with van der Waals surface area (Å²) in [6.45, 7) is 2.09. The van der Waals surface area contributed by atoms with Gasteiger partial charge in [-0.2, -0.15) is 0 Å². The number of aliphatic hydroxyl groups is 1. The molecule has 1 aromatic rings. The monoisotopic (exact) mass is 266 g/mol. The van der Waals surface area contributed by atoms with Gasteiger partial charge >= 0.3 is 0 Å². The Morgan fingerprint density at radius 2 is 2.05 bits per heavy atom. The number of rotatable bonds is 5. The molecule has 0 spiro atoms. The zero-order chi connectivity index (χ0) is 14.0. The topological polar surface area (TPSA) is 65.0 Å². The van der Waals surface area contributed by atoms with Gasteiger partial charge in [-0.25, -0.2) is 0 Å². The van der Waals surface area contributed by atoms with E-state index in [1.54, 1.807) is 19.2 Å². The van der Waals surface area contributed by atoms with E-state index in [0.29, 0.717) is 17.1 Å². The predicted molar refractivity (Wildman–Crippen MR) is 69.0 cm³/mol. The maximum Gasteiger partial charge on any atom is 0.179 e. The summed E-state index contributed by atoms with van der Waals surface area (Å²) < 4.78 is 15.5. The van der Waals surface area contributed by atoms with Crippen molar-refractivity contribution in [2.45, 2.75) is 6.92 Å². The molecule has 1 fully saturated rings. The molecule has 1 aliphatic rings. The summed E-state index contributed by atoms with van der Waals surface area (Å²) in [6.07, 6.45) is 0. The molecule has 0 radical (unpaired) electrons. The Balaban J connectivity index is 2.46. The van der Waals surface area contributed by atoms with Gasteiger partial charge in [0, 0.05) is 6.07 Å². The predicted octanol–water partition coefficient (Wildman–Crippen LogP) is 1.20. The van der Waals surface area contributed by atoms with Gasteiger partial charge in [0.25, 0.3) is 0 Å². The summed E-state index contributed by atoms with van der Waals surface area (Å²) in [5.74, 6) is 0.952. The lowest BCUT2D eigenvalue weighted by Gasteiger charge is -2.38. The van der Waals surface area contributed by atoms with Crippen molar-refractivity contribution in [2.75, 3.05) is 34.0 Å². The van der Waals surface area contributed by atoms with Crippen LogP contribution in [0.2, 0.25) is 0 Å². The summed E-state index contributed by atoms with van der Waals surface area (Å²) >= 11 is 0. The highest BCUT2D eigenvalue weighted by Gasteiger charge is 2.47. The number of aliphatic hydroxyl groups excluding tert-OH is 1. The van der Waals surface area contributed by atoms with Gasteiger partial charge in [-0.15, -0.1) is 0 Å². The molecule has 1 aromatic carbocycles. The highest BCUT2D eigenvalue weighted by atomic mass is 16.5. The Labute approximate surface area is 112 Å². The summed E-state index contributed by atoms with van der Waals surface area (Å²) in [4.78, 5) is 12.6. The van der Waals surface area contributed by atoms with Gasteiger partial charge in [0.2, 0.25) is 0 Å². The molecule has 0 aromatic heterocycles. The van der Waals surface area contributed by atoms with Crippen LogP contribution in [0.1, 0.15) is 15.9 Å². The smallest absolute Gasteiger partial charge is 0.179 e. The quantitative estimate of drug-likeness (QED) is 0.811. The van der Waals surface area contributed by atoms with Crippen LogP contribution in [0.25, 0.3) is 0 Å². The van der Waals surface area contributed by atoms with E-state index in [0.717, 1.165) is 5.56 Å². The molecule has 1 N–H and O–H groups in total. The molecular weight excluding hydrogens is 248 g/mol. The molecule has 1 aliphatic heterocycles. The minimum atomic E-state index is -0.827. The highest BCUT2D eigenvalue weighted by Crippen LogP contribution is 2.37. The number of hydrogen-bond acceptors (Lipinski definition) is 5. The molecule has 1 heterocycles. The van der Waals surface area contributed by atoms with Gasteiger partial charge in [-0.3, -0.25) is 4.79 Å². The van der Waals surface area contributed by atoms with Crippen molar-refractivity contribution in [3.8, 4) is 11.5 Å². The number of methoxy groups -OCH3 is 2. The number of carbonyl (C=O) groups is 1. The first kappa shape index (κ1) is 13.8. The van der Waals surface area contributed by atoms with Crippen LogP contribution in [0.5, 0.6) is 11.5 Å². The molecule has 19 heavy (non-hydrogen) atoms. The molecule has 0 unspecified atom stereocenters. The first-order chi connectivity index (χ1) is 9.07. The Morgan fingerprint density at radius 1 is 1.37 bits per heavy atom. The highest BCUT2D eigenvalue weighted by molar-refractivity contribution is 6.05. The minimum Gasteiger partial charge on any atom is -0.497 e. The van der Waals surface area contributed by atoms with E-state index in [9.17, 15) is 9.90 Å². The van der Waals surface area contributed by atoms with E-state index in [-0.39, 0.29) is 25.6 Å². The Bertz CT molecular complexity index is 485. The molecule has 0 aliphatic carbocycles. The fourth-order valence-corrected chi connectivity index (χ4v) is 2.20. The second-order valence-electron chi connectivity index (χ2n) is 4.78. The van der Waals surface area contributed by atoms with Crippen LogP contribution in [0.3, 0.4) is 0 Å². The van der Waals surface area contributed by atoms with E-state index in [4.69, 9.17) is 14.2 Å². The van der Waals surface area contributed by atoms with Crippen LogP contribution >= 0.6 is 0 Å². The van der Waals surface area contributed by atoms with E-state index in [2.05, 4.69) is 0 Å². The van der Waals surface area contributed by atoms with E-state index in [1.165, 1.54) is 7.11 Å². The van der Waals surface area contributed by atoms with Crippen molar-refractivity contribution in [3.05, 3.63) is 23.3 Å².